The zero-order valence-electron chi connectivity index (χ0n) is 13.7. The van der Waals surface area contributed by atoms with E-state index in [4.69, 9.17) is 4.42 Å². The molecular formula is C18H17N3O3S. The van der Waals surface area contributed by atoms with Crippen molar-refractivity contribution in [3.63, 3.8) is 0 Å². The Morgan fingerprint density at radius 3 is 2.88 bits per heavy atom. The number of rotatable bonds is 3. The lowest BCUT2D eigenvalue weighted by atomic mass is 10.2. The second-order valence-corrected chi connectivity index (χ2v) is 7.00. The molecule has 0 aliphatic carbocycles. The van der Waals surface area contributed by atoms with Crippen LogP contribution in [0.5, 0.6) is 0 Å². The average Bonchev–Trinajstić information content (AvgIpc) is 3.39. The molecule has 0 spiro atoms. The first-order valence-electron chi connectivity index (χ1n) is 8.13. The Bertz CT molecular complexity index is 886. The molecule has 1 fully saturated rings. The molecule has 1 atom stereocenters. The van der Waals surface area contributed by atoms with E-state index in [1.165, 1.54) is 17.6 Å². The van der Waals surface area contributed by atoms with Gasteiger partial charge < -0.3 is 9.32 Å². The van der Waals surface area contributed by atoms with Crippen LogP contribution in [-0.2, 0) is 4.79 Å². The minimum Gasteiger partial charge on any atom is -0.459 e. The number of hydrogen-bond donors (Lipinski definition) is 0. The third kappa shape index (κ3) is 2.80. The van der Waals surface area contributed by atoms with E-state index in [0.717, 1.165) is 16.6 Å². The van der Waals surface area contributed by atoms with Crippen molar-refractivity contribution in [1.29, 1.82) is 0 Å². The van der Waals surface area contributed by atoms with Crippen molar-refractivity contribution in [3.8, 4) is 0 Å². The van der Waals surface area contributed by atoms with Crippen molar-refractivity contribution in [3.05, 3.63) is 48.4 Å². The summed E-state index contributed by atoms with van der Waals surface area (Å²) < 4.78 is 6.23. The van der Waals surface area contributed by atoms with Crippen LogP contribution in [0.1, 0.15) is 23.4 Å². The van der Waals surface area contributed by atoms with Crippen molar-refractivity contribution in [2.75, 3.05) is 18.5 Å². The molecule has 0 radical (unpaired) electrons. The fourth-order valence-corrected chi connectivity index (χ4v) is 4.06. The SMILES string of the molecule is CN(C(=O)C1CCCN1C(=O)c1ccco1)c1nc2ccccc2s1. The number of anilines is 1. The highest BCUT2D eigenvalue weighted by molar-refractivity contribution is 7.22. The lowest BCUT2D eigenvalue weighted by Crippen LogP contribution is -2.46. The van der Waals surface area contributed by atoms with Crippen molar-refractivity contribution < 1.29 is 14.0 Å². The summed E-state index contributed by atoms with van der Waals surface area (Å²) in [5.41, 5.74) is 0.872. The third-order valence-corrected chi connectivity index (χ3v) is 5.54. The van der Waals surface area contributed by atoms with Crippen molar-refractivity contribution in [2.24, 2.45) is 0 Å². The molecule has 0 bridgehead atoms. The average molecular weight is 355 g/mol. The number of amides is 2. The summed E-state index contributed by atoms with van der Waals surface area (Å²) in [7, 11) is 1.72. The second-order valence-electron chi connectivity index (χ2n) is 6.00. The maximum absolute atomic E-state index is 13.0. The molecule has 0 N–H and O–H groups in total. The van der Waals surface area contributed by atoms with Gasteiger partial charge in [-0.3, -0.25) is 14.5 Å². The fourth-order valence-electron chi connectivity index (χ4n) is 3.13. The molecule has 1 saturated heterocycles. The van der Waals surface area contributed by atoms with Gasteiger partial charge in [0.05, 0.1) is 16.5 Å². The first-order valence-corrected chi connectivity index (χ1v) is 8.94. The molecule has 2 amide bonds. The molecule has 7 heteroatoms. The molecule has 2 aromatic heterocycles. The number of para-hydroxylation sites is 1. The van der Waals surface area contributed by atoms with Crippen LogP contribution in [0.25, 0.3) is 10.2 Å². The van der Waals surface area contributed by atoms with Crippen LogP contribution in [0.4, 0.5) is 5.13 Å². The molecule has 25 heavy (non-hydrogen) atoms. The number of furan rings is 1. The lowest BCUT2D eigenvalue weighted by Gasteiger charge is -2.26. The topological polar surface area (TPSA) is 66.7 Å². The fraction of sp³-hybridized carbons (Fsp3) is 0.278. The number of carbonyl (C=O) groups excluding carboxylic acids is 2. The Morgan fingerprint density at radius 1 is 1.28 bits per heavy atom. The van der Waals surface area contributed by atoms with Gasteiger partial charge in [-0.2, -0.15) is 0 Å². The minimum atomic E-state index is -0.477. The number of nitrogens with zero attached hydrogens (tertiary/aromatic N) is 3. The maximum Gasteiger partial charge on any atom is 0.290 e. The molecule has 0 saturated carbocycles. The molecular weight excluding hydrogens is 338 g/mol. The predicted molar refractivity (Wildman–Crippen MR) is 95.8 cm³/mol. The Kier molecular flexibility index (Phi) is 4.01. The van der Waals surface area contributed by atoms with Crippen molar-refractivity contribution in [2.45, 2.75) is 18.9 Å². The van der Waals surface area contributed by atoms with Crippen LogP contribution in [0.2, 0.25) is 0 Å². The Labute approximate surface area is 148 Å². The van der Waals surface area contributed by atoms with E-state index in [-0.39, 0.29) is 17.6 Å². The van der Waals surface area contributed by atoms with E-state index >= 15 is 0 Å². The zero-order valence-corrected chi connectivity index (χ0v) is 14.5. The quantitative estimate of drug-likeness (QED) is 0.724. The summed E-state index contributed by atoms with van der Waals surface area (Å²) in [6.07, 6.45) is 2.92. The van der Waals surface area contributed by atoms with Gasteiger partial charge in [0.2, 0.25) is 0 Å². The van der Waals surface area contributed by atoms with E-state index < -0.39 is 6.04 Å². The highest BCUT2D eigenvalue weighted by Gasteiger charge is 2.37. The number of likely N-dealkylation sites (N-methyl/N-ethyl adjacent to an activating group) is 1. The van der Waals surface area contributed by atoms with Crippen LogP contribution in [0.15, 0.2) is 47.1 Å². The number of hydrogen-bond acceptors (Lipinski definition) is 5. The number of thiazole rings is 1. The van der Waals surface area contributed by atoms with Gasteiger partial charge in [-0.15, -0.1) is 0 Å². The van der Waals surface area contributed by atoms with Crippen LogP contribution >= 0.6 is 11.3 Å². The largest absolute Gasteiger partial charge is 0.459 e. The highest BCUT2D eigenvalue weighted by atomic mass is 32.1. The van der Waals surface area contributed by atoms with E-state index in [1.807, 2.05) is 24.3 Å². The maximum atomic E-state index is 13.0. The van der Waals surface area contributed by atoms with E-state index in [9.17, 15) is 9.59 Å². The minimum absolute atomic E-state index is 0.114. The van der Waals surface area contributed by atoms with Crippen molar-refractivity contribution >= 4 is 38.5 Å². The summed E-state index contributed by atoms with van der Waals surface area (Å²) in [4.78, 5) is 33.2. The number of benzene rings is 1. The van der Waals surface area contributed by atoms with E-state index in [2.05, 4.69) is 4.98 Å². The standard InChI is InChI=1S/C18H17N3O3S/c1-20(18-19-12-6-2-3-9-15(12)25-18)16(22)13-7-4-10-21(13)17(23)14-8-5-11-24-14/h2-3,5-6,8-9,11,13H,4,7,10H2,1H3. The van der Waals surface area contributed by atoms with E-state index in [0.29, 0.717) is 18.1 Å². The van der Waals surface area contributed by atoms with Gasteiger partial charge in [0, 0.05) is 13.6 Å². The van der Waals surface area contributed by atoms with Gasteiger partial charge in [0.1, 0.15) is 6.04 Å². The van der Waals surface area contributed by atoms with E-state index in [1.54, 1.807) is 29.0 Å². The Morgan fingerprint density at radius 2 is 2.12 bits per heavy atom. The number of aromatic nitrogens is 1. The molecule has 3 heterocycles. The van der Waals surface area contributed by atoms with Crippen LogP contribution in [0, 0.1) is 0 Å². The predicted octanol–water partition coefficient (Wildman–Crippen LogP) is 3.16. The summed E-state index contributed by atoms with van der Waals surface area (Å²) in [5, 5.41) is 0.642. The molecule has 1 aromatic carbocycles. The van der Waals surface area contributed by atoms with Crippen LogP contribution in [-0.4, -0.2) is 41.3 Å². The molecule has 1 unspecified atom stereocenters. The van der Waals surface area contributed by atoms with Gasteiger partial charge in [-0.25, -0.2) is 4.98 Å². The summed E-state index contributed by atoms with van der Waals surface area (Å²) in [6.45, 7) is 0.559. The number of carbonyl (C=O) groups is 2. The normalized spacial score (nSPS) is 17.2. The number of likely N-dealkylation sites (tertiary alicyclic amines) is 1. The lowest BCUT2D eigenvalue weighted by molar-refractivity contribution is -0.122. The second kappa shape index (κ2) is 6.33. The first-order chi connectivity index (χ1) is 12.1. The molecule has 128 valence electrons. The first kappa shape index (κ1) is 15.8. The molecule has 1 aliphatic rings. The molecule has 6 nitrogen and oxygen atoms in total. The molecule has 1 aliphatic heterocycles. The van der Waals surface area contributed by atoms with Crippen molar-refractivity contribution in [1.82, 2.24) is 9.88 Å². The van der Waals surface area contributed by atoms with Gasteiger partial charge in [0.25, 0.3) is 11.8 Å². The molecule has 4 rings (SSSR count). The zero-order chi connectivity index (χ0) is 17.4. The van der Waals surface area contributed by atoms with Gasteiger partial charge >= 0.3 is 0 Å². The number of fused-ring (bicyclic) bond motifs is 1. The monoisotopic (exact) mass is 355 g/mol. The van der Waals surface area contributed by atoms with Crippen LogP contribution < -0.4 is 4.90 Å². The summed E-state index contributed by atoms with van der Waals surface area (Å²) >= 11 is 1.47. The highest BCUT2D eigenvalue weighted by Crippen LogP contribution is 2.30. The Balaban J connectivity index is 1.57. The summed E-state index contributed by atoms with van der Waals surface area (Å²) in [5.74, 6) is -0.0858. The molecule has 3 aromatic rings. The van der Waals surface area contributed by atoms with Crippen LogP contribution in [0.3, 0.4) is 0 Å². The van der Waals surface area contributed by atoms with Gasteiger partial charge in [-0.1, -0.05) is 23.5 Å². The van der Waals surface area contributed by atoms with Gasteiger partial charge in [0.15, 0.2) is 10.9 Å². The van der Waals surface area contributed by atoms with Gasteiger partial charge in [-0.05, 0) is 37.1 Å². The Hall–Kier alpha value is -2.67. The third-order valence-electron chi connectivity index (χ3n) is 4.43. The summed E-state index contributed by atoms with van der Waals surface area (Å²) in [6, 6.07) is 10.6. The smallest absolute Gasteiger partial charge is 0.290 e.